The van der Waals surface area contributed by atoms with E-state index < -0.39 is 17.4 Å². The second-order valence-corrected chi connectivity index (χ2v) is 8.88. The Kier molecular flexibility index (Phi) is 4.18. The van der Waals surface area contributed by atoms with Crippen LogP contribution in [0.25, 0.3) is 0 Å². The molecule has 0 aromatic carbocycles. The first-order valence-corrected chi connectivity index (χ1v) is 9.64. The van der Waals surface area contributed by atoms with Gasteiger partial charge in [0, 0.05) is 38.1 Å². The third-order valence-corrected chi connectivity index (χ3v) is 6.01. The molecular formula is C20H28N4O3. The predicted molar refractivity (Wildman–Crippen MR) is 99.7 cm³/mol. The zero-order valence-electron chi connectivity index (χ0n) is 16.5. The number of rotatable bonds is 5. The average molecular weight is 372 g/mol. The van der Waals surface area contributed by atoms with Crippen LogP contribution in [0.2, 0.25) is 0 Å². The average Bonchev–Trinajstić information content (AvgIpc) is 3.35. The van der Waals surface area contributed by atoms with E-state index in [9.17, 15) is 9.59 Å². The van der Waals surface area contributed by atoms with Gasteiger partial charge < -0.3 is 14.5 Å². The number of ether oxygens (including phenoxy) is 1. The third-order valence-electron chi connectivity index (χ3n) is 6.01. The number of amides is 2. The van der Waals surface area contributed by atoms with Crippen LogP contribution in [0.1, 0.15) is 27.2 Å². The van der Waals surface area contributed by atoms with Crippen LogP contribution in [0.4, 0.5) is 0 Å². The van der Waals surface area contributed by atoms with Gasteiger partial charge in [0.2, 0.25) is 11.8 Å². The minimum absolute atomic E-state index is 0.000740. The molecule has 1 spiro atoms. The first kappa shape index (κ1) is 18.2. The fraction of sp³-hybridized carbons (Fsp3) is 0.650. The van der Waals surface area contributed by atoms with Crippen molar-refractivity contribution >= 4 is 11.8 Å². The molecule has 2 fully saturated rings. The molecule has 0 N–H and O–H groups in total. The maximum Gasteiger partial charge on any atom is 0.230 e. The lowest BCUT2D eigenvalue weighted by Crippen LogP contribution is -2.47. The summed E-state index contributed by atoms with van der Waals surface area (Å²) in [6.45, 7) is 7.99. The summed E-state index contributed by atoms with van der Waals surface area (Å²) < 4.78 is 8.05. The van der Waals surface area contributed by atoms with Crippen LogP contribution in [-0.4, -0.2) is 68.8 Å². The van der Waals surface area contributed by atoms with Crippen LogP contribution in [0.5, 0.6) is 0 Å². The Morgan fingerprint density at radius 3 is 2.89 bits per heavy atom. The van der Waals surface area contributed by atoms with Crippen molar-refractivity contribution in [2.75, 3.05) is 20.1 Å². The molecule has 2 unspecified atom stereocenters. The summed E-state index contributed by atoms with van der Waals surface area (Å²) in [6, 6.07) is 1.89. The molecule has 0 radical (unpaired) electrons. The Hall–Kier alpha value is -2.15. The van der Waals surface area contributed by atoms with E-state index in [4.69, 9.17) is 4.74 Å². The van der Waals surface area contributed by atoms with Crippen LogP contribution in [0, 0.1) is 11.8 Å². The highest BCUT2D eigenvalue weighted by atomic mass is 16.5. The normalized spacial score (nSPS) is 31.6. The van der Waals surface area contributed by atoms with Crippen LogP contribution >= 0.6 is 0 Å². The maximum atomic E-state index is 13.2. The van der Waals surface area contributed by atoms with Gasteiger partial charge in [0.1, 0.15) is 5.60 Å². The molecule has 3 aliphatic heterocycles. The SMILES string of the molecule is CN(CCCn1cccn1)C(=O)C1C2C(=O)N(C(C)(C)C)C[C@@]23C=C[C@@H]1O3. The number of fused-ring (bicyclic) bond motifs is 1. The molecule has 146 valence electrons. The number of hydrogen-bond donors (Lipinski definition) is 0. The van der Waals surface area contributed by atoms with E-state index in [2.05, 4.69) is 5.10 Å². The summed E-state index contributed by atoms with van der Waals surface area (Å²) >= 11 is 0. The summed E-state index contributed by atoms with van der Waals surface area (Å²) in [5.74, 6) is -0.796. The van der Waals surface area contributed by atoms with Crippen molar-refractivity contribution in [3.8, 4) is 0 Å². The number of aromatic nitrogens is 2. The van der Waals surface area contributed by atoms with Crippen molar-refractivity contribution in [2.45, 2.75) is 51.0 Å². The second kappa shape index (κ2) is 6.19. The molecule has 7 heteroatoms. The summed E-state index contributed by atoms with van der Waals surface area (Å²) in [5.41, 5.74) is -0.917. The maximum absolute atomic E-state index is 13.2. The van der Waals surface area contributed by atoms with E-state index in [1.165, 1.54) is 0 Å². The van der Waals surface area contributed by atoms with Gasteiger partial charge in [-0.05, 0) is 33.3 Å². The number of carbonyl (C=O) groups excluding carboxylic acids is 2. The van der Waals surface area contributed by atoms with Crippen molar-refractivity contribution in [3.63, 3.8) is 0 Å². The van der Waals surface area contributed by atoms with Gasteiger partial charge in [0.25, 0.3) is 0 Å². The molecule has 2 saturated heterocycles. The minimum atomic E-state index is -0.634. The predicted octanol–water partition coefficient (Wildman–Crippen LogP) is 1.31. The zero-order valence-corrected chi connectivity index (χ0v) is 16.5. The topological polar surface area (TPSA) is 67.7 Å². The third kappa shape index (κ3) is 2.88. The zero-order chi connectivity index (χ0) is 19.4. The summed E-state index contributed by atoms with van der Waals surface area (Å²) in [6.07, 6.45) is 8.17. The molecule has 0 saturated carbocycles. The molecule has 2 bridgehead atoms. The van der Waals surface area contributed by atoms with Crippen molar-refractivity contribution in [1.82, 2.24) is 19.6 Å². The molecule has 2 amide bonds. The fourth-order valence-electron chi connectivity index (χ4n) is 4.62. The second-order valence-electron chi connectivity index (χ2n) is 8.88. The van der Waals surface area contributed by atoms with Gasteiger partial charge in [0.15, 0.2) is 0 Å². The Morgan fingerprint density at radius 1 is 1.44 bits per heavy atom. The van der Waals surface area contributed by atoms with E-state index in [0.717, 1.165) is 13.0 Å². The van der Waals surface area contributed by atoms with Gasteiger partial charge >= 0.3 is 0 Å². The number of carbonyl (C=O) groups is 2. The van der Waals surface area contributed by atoms with Gasteiger partial charge in [-0.1, -0.05) is 12.2 Å². The first-order valence-electron chi connectivity index (χ1n) is 9.64. The molecule has 27 heavy (non-hydrogen) atoms. The Balaban J connectivity index is 1.46. The molecular weight excluding hydrogens is 344 g/mol. The molecule has 0 aliphatic carbocycles. The number of nitrogens with zero attached hydrogens (tertiary/aromatic N) is 4. The Bertz CT molecular complexity index is 767. The smallest absolute Gasteiger partial charge is 0.230 e. The van der Waals surface area contributed by atoms with Gasteiger partial charge in [-0.25, -0.2) is 0 Å². The number of hydrogen-bond acceptors (Lipinski definition) is 4. The van der Waals surface area contributed by atoms with Crippen LogP contribution in [-0.2, 0) is 20.9 Å². The van der Waals surface area contributed by atoms with Crippen molar-refractivity contribution in [3.05, 3.63) is 30.6 Å². The monoisotopic (exact) mass is 372 g/mol. The van der Waals surface area contributed by atoms with E-state index in [-0.39, 0.29) is 23.5 Å². The van der Waals surface area contributed by atoms with E-state index >= 15 is 0 Å². The van der Waals surface area contributed by atoms with Crippen molar-refractivity contribution in [1.29, 1.82) is 0 Å². The molecule has 4 heterocycles. The lowest BCUT2D eigenvalue weighted by Gasteiger charge is -2.34. The lowest BCUT2D eigenvalue weighted by molar-refractivity contribution is -0.144. The Morgan fingerprint density at radius 2 is 2.22 bits per heavy atom. The van der Waals surface area contributed by atoms with E-state index in [1.807, 2.05) is 61.8 Å². The standard InChI is InChI=1S/C20H28N4O3/c1-19(2,3)24-13-20-8-7-14(27-20)15(16(20)18(24)26)17(25)22(4)10-6-12-23-11-5-9-21-23/h5,7-9,11,14-16H,6,10,12-13H2,1-4H3/t14-,15?,16?,20-/m0/s1. The van der Waals surface area contributed by atoms with Gasteiger partial charge in [-0.2, -0.15) is 5.10 Å². The highest BCUT2D eigenvalue weighted by Crippen LogP contribution is 2.53. The molecule has 3 aliphatic rings. The fourth-order valence-corrected chi connectivity index (χ4v) is 4.62. The summed E-state index contributed by atoms with van der Waals surface area (Å²) in [5, 5.41) is 4.18. The van der Waals surface area contributed by atoms with E-state index in [1.54, 1.807) is 11.1 Å². The minimum Gasteiger partial charge on any atom is -0.360 e. The van der Waals surface area contributed by atoms with Gasteiger partial charge in [-0.15, -0.1) is 0 Å². The summed E-state index contributed by atoms with van der Waals surface area (Å²) in [7, 11) is 1.81. The number of aryl methyl sites for hydroxylation is 1. The van der Waals surface area contributed by atoms with Crippen molar-refractivity contribution in [2.24, 2.45) is 11.8 Å². The van der Waals surface area contributed by atoms with Crippen molar-refractivity contribution < 1.29 is 14.3 Å². The molecule has 1 aromatic heterocycles. The highest BCUT2D eigenvalue weighted by molar-refractivity contribution is 5.93. The molecule has 4 atom stereocenters. The molecule has 4 rings (SSSR count). The van der Waals surface area contributed by atoms with E-state index in [0.29, 0.717) is 13.1 Å². The quantitative estimate of drug-likeness (QED) is 0.731. The highest BCUT2D eigenvalue weighted by Gasteiger charge is 2.68. The largest absolute Gasteiger partial charge is 0.360 e. The molecule has 1 aromatic rings. The van der Waals surface area contributed by atoms with Crippen LogP contribution < -0.4 is 0 Å². The first-order chi connectivity index (χ1) is 12.7. The van der Waals surface area contributed by atoms with Crippen LogP contribution in [0.3, 0.4) is 0 Å². The van der Waals surface area contributed by atoms with Crippen LogP contribution in [0.15, 0.2) is 30.6 Å². The Labute approximate surface area is 159 Å². The van der Waals surface area contributed by atoms with Gasteiger partial charge in [-0.3, -0.25) is 14.3 Å². The lowest BCUT2D eigenvalue weighted by atomic mass is 9.76. The number of likely N-dealkylation sites (tertiary alicyclic amines) is 1. The molecule has 7 nitrogen and oxygen atoms in total. The summed E-state index contributed by atoms with van der Waals surface area (Å²) in [4.78, 5) is 29.9. The van der Waals surface area contributed by atoms with Gasteiger partial charge in [0.05, 0.1) is 24.5 Å².